The van der Waals surface area contributed by atoms with Gasteiger partial charge in [0.2, 0.25) is 0 Å². The molecule has 1 radical (unpaired) electrons. The molecule has 16 heavy (non-hydrogen) atoms. The van der Waals surface area contributed by atoms with E-state index in [9.17, 15) is 0 Å². The van der Waals surface area contributed by atoms with E-state index in [4.69, 9.17) is 0 Å². The Labute approximate surface area is 97.9 Å². The van der Waals surface area contributed by atoms with Gasteiger partial charge in [0.05, 0.1) is 0 Å². The van der Waals surface area contributed by atoms with Crippen LogP contribution >= 0.6 is 0 Å². The fourth-order valence-corrected chi connectivity index (χ4v) is 1.98. The van der Waals surface area contributed by atoms with Crippen molar-refractivity contribution in [2.75, 3.05) is 0 Å². The molecule has 0 nitrogen and oxygen atoms in total. The van der Waals surface area contributed by atoms with Gasteiger partial charge in [0.25, 0.3) is 0 Å². The maximum absolute atomic E-state index is 2.23. The van der Waals surface area contributed by atoms with E-state index >= 15 is 0 Å². The van der Waals surface area contributed by atoms with E-state index in [0.717, 1.165) is 6.42 Å². The molecule has 0 unspecified atom stereocenters. The normalized spacial score (nSPS) is 10.6. The smallest absolute Gasteiger partial charge is 0.0339 e. The van der Waals surface area contributed by atoms with E-state index in [2.05, 4.69) is 67.6 Å². The molecule has 81 valence electrons. The Morgan fingerprint density at radius 2 is 1.19 bits per heavy atom. The first kappa shape index (κ1) is 10.9. The largest absolute Gasteiger partial charge is 0.0653 e. The third-order valence-electron chi connectivity index (χ3n) is 2.74. The van der Waals surface area contributed by atoms with Gasteiger partial charge in [-0.2, -0.15) is 0 Å². The van der Waals surface area contributed by atoms with Crippen LogP contribution in [0.25, 0.3) is 0 Å². The van der Waals surface area contributed by atoms with Gasteiger partial charge in [-0.1, -0.05) is 74.0 Å². The fraction of sp³-hybridized carbons (Fsp3) is 0.188. The molecule has 2 aromatic rings. The lowest BCUT2D eigenvalue weighted by Crippen LogP contribution is -2.01. The molecule has 2 aromatic carbocycles. The highest BCUT2D eigenvalue weighted by Gasteiger charge is 2.12. The highest BCUT2D eigenvalue weighted by atomic mass is 14.2. The third-order valence-corrected chi connectivity index (χ3v) is 2.74. The highest BCUT2D eigenvalue weighted by molar-refractivity contribution is 5.45. The van der Waals surface area contributed by atoms with Crippen LogP contribution in [0, 0.1) is 5.92 Å². The van der Waals surface area contributed by atoms with E-state index in [-0.39, 0.29) is 0 Å². The molecule has 0 fully saturated rings. The van der Waals surface area contributed by atoms with Gasteiger partial charge in [-0.3, -0.25) is 0 Å². The van der Waals surface area contributed by atoms with E-state index < -0.39 is 0 Å². The zero-order valence-corrected chi connectivity index (χ0v) is 9.69. The van der Waals surface area contributed by atoms with Gasteiger partial charge < -0.3 is 0 Å². The van der Waals surface area contributed by atoms with Crippen LogP contribution in [0.15, 0.2) is 60.7 Å². The first-order valence-corrected chi connectivity index (χ1v) is 5.88. The lowest BCUT2D eigenvalue weighted by atomic mass is 9.88. The van der Waals surface area contributed by atoms with Gasteiger partial charge in [0.15, 0.2) is 0 Å². The Morgan fingerprint density at radius 3 is 1.56 bits per heavy atom. The summed E-state index contributed by atoms with van der Waals surface area (Å²) in [6.07, 6.45) is 2.31. The molecule has 0 saturated heterocycles. The van der Waals surface area contributed by atoms with Crippen LogP contribution in [-0.2, 0) is 0 Å². The SMILES string of the molecule is CCC[C](c1ccccc1)c1ccccc1. The molecule has 0 heteroatoms. The monoisotopic (exact) mass is 209 g/mol. The van der Waals surface area contributed by atoms with Crippen molar-refractivity contribution >= 4 is 0 Å². The van der Waals surface area contributed by atoms with Crippen LogP contribution in [0.2, 0.25) is 0 Å². The maximum Gasteiger partial charge on any atom is 0.0339 e. The lowest BCUT2D eigenvalue weighted by molar-refractivity contribution is 0.848. The van der Waals surface area contributed by atoms with Gasteiger partial charge in [-0.05, 0) is 17.5 Å². The van der Waals surface area contributed by atoms with Crippen LogP contribution in [0.4, 0.5) is 0 Å². The number of hydrogen-bond acceptors (Lipinski definition) is 0. The van der Waals surface area contributed by atoms with Crippen molar-refractivity contribution in [3.63, 3.8) is 0 Å². The molecule has 0 aliphatic carbocycles. The van der Waals surface area contributed by atoms with Crippen molar-refractivity contribution in [3.05, 3.63) is 77.7 Å². The molecule has 0 N–H and O–H groups in total. The predicted molar refractivity (Wildman–Crippen MR) is 69.2 cm³/mol. The Morgan fingerprint density at radius 1 is 0.750 bits per heavy atom. The van der Waals surface area contributed by atoms with Crippen LogP contribution in [0.1, 0.15) is 30.9 Å². The van der Waals surface area contributed by atoms with Crippen molar-refractivity contribution in [1.82, 2.24) is 0 Å². The standard InChI is InChI=1S/C16H17/c1-2-9-16(14-10-5-3-6-11-14)15-12-7-4-8-13-15/h3-8,10-13H,2,9H2,1H3. The molecule has 0 atom stereocenters. The fourth-order valence-electron chi connectivity index (χ4n) is 1.98. The molecule has 0 aliphatic heterocycles. The Kier molecular flexibility index (Phi) is 3.76. The number of rotatable bonds is 4. The van der Waals surface area contributed by atoms with Crippen LogP contribution in [0.3, 0.4) is 0 Å². The van der Waals surface area contributed by atoms with Gasteiger partial charge in [0.1, 0.15) is 0 Å². The molecular weight excluding hydrogens is 192 g/mol. The summed E-state index contributed by atoms with van der Waals surface area (Å²) in [6.45, 7) is 2.23. The summed E-state index contributed by atoms with van der Waals surface area (Å²) in [7, 11) is 0. The summed E-state index contributed by atoms with van der Waals surface area (Å²) in [5.41, 5.74) is 2.69. The summed E-state index contributed by atoms with van der Waals surface area (Å²) in [5, 5.41) is 0. The second-order valence-electron chi connectivity index (χ2n) is 3.96. The Hall–Kier alpha value is -1.56. The molecular formula is C16H17. The highest BCUT2D eigenvalue weighted by Crippen LogP contribution is 2.27. The Bertz CT molecular complexity index is 363. The molecule has 0 saturated carbocycles. The molecule has 2 rings (SSSR count). The van der Waals surface area contributed by atoms with Crippen LogP contribution in [-0.4, -0.2) is 0 Å². The van der Waals surface area contributed by atoms with Crippen LogP contribution in [0.5, 0.6) is 0 Å². The Balaban J connectivity index is 2.31. The van der Waals surface area contributed by atoms with Gasteiger partial charge in [0, 0.05) is 5.92 Å². The van der Waals surface area contributed by atoms with Gasteiger partial charge >= 0.3 is 0 Å². The van der Waals surface area contributed by atoms with Crippen molar-refractivity contribution < 1.29 is 0 Å². The van der Waals surface area contributed by atoms with E-state index in [0.29, 0.717) is 0 Å². The zero-order chi connectivity index (χ0) is 11.2. The summed E-state index contributed by atoms with van der Waals surface area (Å²) >= 11 is 0. The quantitative estimate of drug-likeness (QED) is 0.697. The summed E-state index contributed by atoms with van der Waals surface area (Å²) in [5.74, 6) is 1.45. The molecule has 0 heterocycles. The van der Waals surface area contributed by atoms with Crippen molar-refractivity contribution in [1.29, 1.82) is 0 Å². The second kappa shape index (κ2) is 5.50. The topological polar surface area (TPSA) is 0 Å². The number of hydrogen-bond donors (Lipinski definition) is 0. The molecule has 0 aromatic heterocycles. The van der Waals surface area contributed by atoms with Crippen molar-refractivity contribution in [2.45, 2.75) is 19.8 Å². The van der Waals surface area contributed by atoms with Gasteiger partial charge in [-0.15, -0.1) is 0 Å². The third kappa shape index (κ3) is 2.52. The zero-order valence-electron chi connectivity index (χ0n) is 9.69. The first-order chi connectivity index (χ1) is 7.92. The van der Waals surface area contributed by atoms with E-state index in [1.54, 1.807) is 0 Å². The lowest BCUT2D eigenvalue weighted by Gasteiger charge is -2.16. The second-order valence-corrected chi connectivity index (χ2v) is 3.96. The molecule has 0 bridgehead atoms. The summed E-state index contributed by atoms with van der Waals surface area (Å²) in [6, 6.07) is 21.3. The van der Waals surface area contributed by atoms with Crippen molar-refractivity contribution in [2.24, 2.45) is 0 Å². The average Bonchev–Trinajstić information content (AvgIpc) is 2.38. The van der Waals surface area contributed by atoms with E-state index in [1.807, 2.05) is 0 Å². The number of benzene rings is 2. The summed E-state index contributed by atoms with van der Waals surface area (Å²) < 4.78 is 0. The maximum atomic E-state index is 2.23. The van der Waals surface area contributed by atoms with Crippen LogP contribution < -0.4 is 0 Å². The van der Waals surface area contributed by atoms with E-state index in [1.165, 1.54) is 23.5 Å². The minimum atomic E-state index is 1.13. The molecule has 0 amide bonds. The molecule has 0 spiro atoms. The van der Waals surface area contributed by atoms with Gasteiger partial charge in [-0.25, -0.2) is 0 Å². The first-order valence-electron chi connectivity index (χ1n) is 5.88. The average molecular weight is 209 g/mol. The predicted octanol–water partition coefficient (Wildman–Crippen LogP) is 4.46. The molecule has 0 aliphatic rings. The minimum absolute atomic E-state index is 1.13. The minimum Gasteiger partial charge on any atom is -0.0653 e. The summed E-state index contributed by atoms with van der Waals surface area (Å²) in [4.78, 5) is 0. The van der Waals surface area contributed by atoms with Crippen molar-refractivity contribution in [3.8, 4) is 0 Å².